The molecular formula is C25H27NO4. The minimum absolute atomic E-state index is 0.0870. The molecule has 3 aromatic rings. The molecule has 0 fully saturated rings. The molecule has 0 saturated heterocycles. The summed E-state index contributed by atoms with van der Waals surface area (Å²) in [7, 11) is 0. The fourth-order valence-electron chi connectivity index (χ4n) is 3.42. The number of hydrogen-bond acceptors (Lipinski definition) is 4. The van der Waals surface area contributed by atoms with E-state index in [1.807, 2.05) is 86.9 Å². The van der Waals surface area contributed by atoms with E-state index < -0.39 is 5.97 Å². The summed E-state index contributed by atoms with van der Waals surface area (Å²) >= 11 is 0. The van der Waals surface area contributed by atoms with Crippen molar-refractivity contribution >= 4 is 11.8 Å². The second kappa shape index (κ2) is 9.44. The van der Waals surface area contributed by atoms with Gasteiger partial charge in [-0.15, -0.1) is 0 Å². The Morgan fingerprint density at radius 1 is 0.933 bits per heavy atom. The maximum Gasteiger partial charge on any atom is 0.309 e. The van der Waals surface area contributed by atoms with Crippen LogP contribution in [-0.2, 0) is 9.53 Å². The summed E-state index contributed by atoms with van der Waals surface area (Å²) in [5, 5.41) is 0. The van der Waals surface area contributed by atoms with Crippen LogP contribution in [0.4, 0.5) is 0 Å². The number of hydrogen-bond donors (Lipinski definition) is 0. The molecule has 0 N–H and O–H groups in total. The smallest absolute Gasteiger partial charge is 0.309 e. The van der Waals surface area contributed by atoms with Gasteiger partial charge < -0.3 is 14.0 Å². The van der Waals surface area contributed by atoms with Crippen molar-refractivity contribution < 1.29 is 19.1 Å². The third kappa shape index (κ3) is 4.98. The predicted molar refractivity (Wildman–Crippen MR) is 117 cm³/mol. The van der Waals surface area contributed by atoms with Crippen molar-refractivity contribution in [2.24, 2.45) is 0 Å². The molecule has 0 amide bonds. The number of aryl methyl sites for hydroxylation is 3. The minimum atomic E-state index is -0.453. The molecular weight excluding hydrogens is 378 g/mol. The van der Waals surface area contributed by atoms with Gasteiger partial charge in [0.05, 0.1) is 13.0 Å². The molecule has 0 aliphatic heterocycles. The Bertz CT molecular complexity index is 1050. The summed E-state index contributed by atoms with van der Waals surface area (Å²) in [5.74, 6) is 0.0897. The third-order valence-electron chi connectivity index (χ3n) is 5.02. The molecule has 0 radical (unpaired) electrons. The van der Waals surface area contributed by atoms with E-state index in [2.05, 4.69) is 0 Å². The molecule has 0 aliphatic rings. The van der Waals surface area contributed by atoms with Crippen LogP contribution in [0.1, 0.15) is 39.3 Å². The molecule has 3 rings (SSSR count). The first-order chi connectivity index (χ1) is 14.4. The van der Waals surface area contributed by atoms with Crippen molar-refractivity contribution in [3.05, 3.63) is 82.7 Å². The highest BCUT2D eigenvalue weighted by Gasteiger charge is 2.18. The topological polar surface area (TPSA) is 57.5 Å². The fourth-order valence-corrected chi connectivity index (χ4v) is 3.42. The summed E-state index contributed by atoms with van der Waals surface area (Å²) in [4.78, 5) is 24.7. The first-order valence-electron chi connectivity index (χ1n) is 10.00. The van der Waals surface area contributed by atoms with E-state index in [4.69, 9.17) is 9.47 Å². The van der Waals surface area contributed by atoms with E-state index in [0.29, 0.717) is 5.56 Å². The van der Waals surface area contributed by atoms with Crippen LogP contribution in [0.15, 0.2) is 54.6 Å². The van der Waals surface area contributed by atoms with Crippen LogP contribution in [0.3, 0.4) is 0 Å². The zero-order chi connectivity index (χ0) is 21.7. The number of Topliss-reactive ketones (excluding diaryl/α,β-unsaturated/α-hetero) is 1. The van der Waals surface area contributed by atoms with Gasteiger partial charge in [0.2, 0.25) is 5.78 Å². The monoisotopic (exact) mass is 405 g/mol. The Morgan fingerprint density at radius 2 is 1.67 bits per heavy atom. The first kappa shape index (κ1) is 21.4. The Hall–Kier alpha value is -3.34. The molecule has 0 saturated carbocycles. The average molecular weight is 405 g/mol. The van der Waals surface area contributed by atoms with E-state index in [9.17, 15) is 9.59 Å². The molecule has 30 heavy (non-hydrogen) atoms. The van der Waals surface area contributed by atoms with Gasteiger partial charge in [-0.3, -0.25) is 9.59 Å². The molecule has 0 bridgehead atoms. The maximum atomic E-state index is 12.6. The van der Waals surface area contributed by atoms with Crippen LogP contribution >= 0.6 is 0 Å². The quantitative estimate of drug-likeness (QED) is 0.395. The highest BCUT2D eigenvalue weighted by molar-refractivity contribution is 5.99. The van der Waals surface area contributed by atoms with Crippen molar-refractivity contribution in [1.29, 1.82) is 0 Å². The zero-order valence-electron chi connectivity index (χ0n) is 17.9. The Balaban J connectivity index is 1.54. The van der Waals surface area contributed by atoms with Crippen LogP contribution in [0.2, 0.25) is 0 Å². The van der Waals surface area contributed by atoms with E-state index in [1.165, 1.54) is 0 Å². The number of benzene rings is 2. The highest BCUT2D eigenvalue weighted by atomic mass is 16.5. The van der Waals surface area contributed by atoms with Crippen molar-refractivity contribution in [2.75, 3.05) is 13.2 Å². The van der Waals surface area contributed by atoms with E-state index in [0.717, 1.165) is 34.0 Å². The normalized spacial score (nSPS) is 10.7. The molecule has 5 nitrogen and oxygen atoms in total. The van der Waals surface area contributed by atoms with Crippen LogP contribution in [0, 0.1) is 27.7 Å². The van der Waals surface area contributed by atoms with E-state index in [1.54, 1.807) is 0 Å². The minimum Gasteiger partial charge on any atom is -0.493 e. The van der Waals surface area contributed by atoms with E-state index >= 15 is 0 Å². The standard InChI is InChI=1S/C25H27NO4/c1-17-10-11-18(2)24(14-17)29-13-12-25(28)30-16-23(27)22-15-19(3)26(20(22)4)21-8-6-5-7-9-21/h5-11,14-15H,12-13,16H2,1-4H3. The molecule has 2 aromatic carbocycles. The lowest BCUT2D eigenvalue weighted by molar-refractivity contribution is -0.143. The molecule has 0 spiro atoms. The molecule has 1 aromatic heterocycles. The number of para-hydroxylation sites is 1. The second-order valence-electron chi connectivity index (χ2n) is 7.41. The molecule has 1 heterocycles. The molecule has 0 aliphatic carbocycles. The van der Waals surface area contributed by atoms with Crippen molar-refractivity contribution in [3.63, 3.8) is 0 Å². The van der Waals surface area contributed by atoms with Gasteiger partial charge in [0.25, 0.3) is 0 Å². The molecule has 0 atom stereocenters. The van der Waals surface area contributed by atoms with Crippen molar-refractivity contribution in [2.45, 2.75) is 34.1 Å². The van der Waals surface area contributed by atoms with Gasteiger partial charge in [-0.1, -0.05) is 30.3 Å². The SMILES string of the molecule is Cc1ccc(C)c(OCCC(=O)OCC(=O)c2cc(C)n(-c3ccccc3)c2C)c1. The molecule has 156 valence electrons. The van der Waals surface area contributed by atoms with Gasteiger partial charge in [-0.05, 0) is 63.1 Å². The van der Waals surface area contributed by atoms with Crippen LogP contribution < -0.4 is 4.74 Å². The van der Waals surface area contributed by atoms with Crippen molar-refractivity contribution in [1.82, 2.24) is 4.57 Å². The Labute approximate surface area is 177 Å². The summed E-state index contributed by atoms with van der Waals surface area (Å²) in [6, 6.07) is 17.6. The summed E-state index contributed by atoms with van der Waals surface area (Å²) in [6.07, 6.45) is 0.0870. The van der Waals surface area contributed by atoms with Crippen LogP contribution in [0.25, 0.3) is 5.69 Å². The summed E-state index contributed by atoms with van der Waals surface area (Å²) in [6.45, 7) is 7.72. The number of carbonyl (C=O) groups is 2. The fraction of sp³-hybridized carbons (Fsp3) is 0.280. The van der Waals surface area contributed by atoms with Crippen LogP contribution in [0.5, 0.6) is 5.75 Å². The number of aromatic nitrogens is 1. The average Bonchev–Trinajstić information content (AvgIpc) is 3.03. The van der Waals surface area contributed by atoms with Gasteiger partial charge in [0, 0.05) is 22.6 Å². The molecule has 0 unspecified atom stereocenters. The number of carbonyl (C=O) groups excluding carboxylic acids is 2. The molecule has 5 heteroatoms. The predicted octanol–water partition coefficient (Wildman–Crippen LogP) is 4.91. The first-order valence-corrected chi connectivity index (χ1v) is 10.00. The van der Waals surface area contributed by atoms with Gasteiger partial charge in [-0.25, -0.2) is 0 Å². The number of esters is 1. The van der Waals surface area contributed by atoms with E-state index in [-0.39, 0.29) is 25.4 Å². The van der Waals surface area contributed by atoms with Crippen molar-refractivity contribution in [3.8, 4) is 11.4 Å². The number of ether oxygens (including phenoxy) is 2. The second-order valence-corrected chi connectivity index (χ2v) is 7.41. The lowest BCUT2D eigenvalue weighted by Crippen LogP contribution is -2.16. The Kier molecular flexibility index (Phi) is 6.72. The van der Waals surface area contributed by atoms with Gasteiger partial charge in [0.15, 0.2) is 6.61 Å². The summed E-state index contributed by atoms with van der Waals surface area (Å²) in [5.41, 5.74) is 5.45. The largest absolute Gasteiger partial charge is 0.493 e. The van der Waals surface area contributed by atoms with Gasteiger partial charge in [-0.2, -0.15) is 0 Å². The summed E-state index contributed by atoms with van der Waals surface area (Å²) < 4.78 is 12.9. The lowest BCUT2D eigenvalue weighted by atomic mass is 10.1. The highest BCUT2D eigenvalue weighted by Crippen LogP contribution is 2.21. The van der Waals surface area contributed by atoms with Crippen LogP contribution in [-0.4, -0.2) is 29.5 Å². The number of nitrogens with zero attached hydrogens (tertiary/aromatic N) is 1. The maximum absolute atomic E-state index is 12.6. The number of rotatable bonds is 8. The Morgan fingerprint density at radius 3 is 2.40 bits per heavy atom. The van der Waals surface area contributed by atoms with Gasteiger partial charge >= 0.3 is 5.97 Å². The zero-order valence-corrected chi connectivity index (χ0v) is 17.9. The third-order valence-corrected chi connectivity index (χ3v) is 5.02. The lowest BCUT2D eigenvalue weighted by Gasteiger charge is -2.10. The number of ketones is 1. The van der Waals surface area contributed by atoms with Gasteiger partial charge in [0.1, 0.15) is 5.75 Å².